The van der Waals surface area contributed by atoms with E-state index >= 15 is 0 Å². The van der Waals surface area contributed by atoms with Gasteiger partial charge in [0.25, 0.3) is 0 Å². The van der Waals surface area contributed by atoms with Gasteiger partial charge in [-0.05, 0) is 19.8 Å². The lowest BCUT2D eigenvalue weighted by atomic mass is 10.0. The SMILES string of the molecule is CCCCCCCCCCCCCCCCOC(OCCCCCCCCCCCCCCCC)C(C)O. The Morgan fingerprint density at radius 1 is 0.368 bits per heavy atom. The summed E-state index contributed by atoms with van der Waals surface area (Å²) >= 11 is 0. The lowest BCUT2D eigenvalue weighted by molar-refractivity contribution is -0.190. The van der Waals surface area contributed by atoms with Gasteiger partial charge in [-0.2, -0.15) is 0 Å². The average Bonchev–Trinajstić information content (AvgIpc) is 2.91. The molecule has 1 N–H and O–H groups in total. The molecular weight excluding hydrogens is 468 g/mol. The first kappa shape index (κ1) is 37.9. The van der Waals surface area contributed by atoms with Crippen molar-refractivity contribution in [2.45, 2.75) is 213 Å². The van der Waals surface area contributed by atoms with Crippen molar-refractivity contribution in [3.8, 4) is 0 Å². The molecule has 0 fully saturated rings. The monoisotopic (exact) mass is 541 g/mol. The predicted molar refractivity (Wildman–Crippen MR) is 168 cm³/mol. The van der Waals surface area contributed by atoms with Crippen molar-refractivity contribution in [1.29, 1.82) is 0 Å². The second-order valence-corrected chi connectivity index (χ2v) is 12.0. The smallest absolute Gasteiger partial charge is 0.183 e. The third-order valence-corrected chi connectivity index (χ3v) is 7.95. The number of ether oxygens (including phenoxy) is 2. The minimum atomic E-state index is -0.562. The molecule has 0 radical (unpaired) electrons. The molecule has 0 aromatic heterocycles. The van der Waals surface area contributed by atoms with E-state index in [2.05, 4.69) is 13.8 Å². The third kappa shape index (κ3) is 30.4. The van der Waals surface area contributed by atoms with E-state index in [0.717, 1.165) is 12.8 Å². The summed E-state index contributed by atoms with van der Waals surface area (Å²) in [6.07, 6.45) is 37.2. The fraction of sp³-hybridized carbons (Fsp3) is 1.00. The zero-order chi connectivity index (χ0) is 27.8. The van der Waals surface area contributed by atoms with Crippen molar-refractivity contribution in [1.82, 2.24) is 0 Å². The van der Waals surface area contributed by atoms with Crippen LogP contribution < -0.4 is 0 Å². The van der Waals surface area contributed by atoms with E-state index in [1.54, 1.807) is 6.92 Å². The number of unbranched alkanes of at least 4 members (excludes halogenated alkanes) is 26. The molecule has 1 unspecified atom stereocenters. The molecule has 3 heteroatoms. The van der Waals surface area contributed by atoms with Gasteiger partial charge in [0, 0.05) is 13.2 Å². The lowest BCUT2D eigenvalue weighted by Crippen LogP contribution is -2.30. The summed E-state index contributed by atoms with van der Waals surface area (Å²) in [7, 11) is 0. The van der Waals surface area contributed by atoms with Crippen LogP contribution >= 0.6 is 0 Å². The molecule has 38 heavy (non-hydrogen) atoms. The summed E-state index contributed by atoms with van der Waals surface area (Å²) in [5, 5.41) is 9.99. The van der Waals surface area contributed by atoms with Gasteiger partial charge in [0.2, 0.25) is 0 Å². The second kappa shape index (κ2) is 33.1. The summed E-state index contributed by atoms with van der Waals surface area (Å²) in [5.41, 5.74) is 0. The molecule has 0 aliphatic carbocycles. The minimum absolute atomic E-state index is 0.459. The average molecular weight is 541 g/mol. The van der Waals surface area contributed by atoms with Gasteiger partial charge in [-0.15, -0.1) is 0 Å². The van der Waals surface area contributed by atoms with Gasteiger partial charge in [-0.1, -0.05) is 181 Å². The Bertz CT molecular complexity index is 378. The molecule has 1 atom stereocenters. The van der Waals surface area contributed by atoms with Crippen molar-refractivity contribution in [2.75, 3.05) is 13.2 Å². The second-order valence-electron chi connectivity index (χ2n) is 12.0. The highest BCUT2D eigenvalue weighted by molar-refractivity contribution is 4.55. The molecule has 0 rings (SSSR count). The summed E-state index contributed by atoms with van der Waals surface area (Å²) in [4.78, 5) is 0. The van der Waals surface area contributed by atoms with E-state index < -0.39 is 12.4 Å². The van der Waals surface area contributed by atoms with Crippen LogP contribution in [0.15, 0.2) is 0 Å². The Kier molecular flexibility index (Phi) is 33.0. The van der Waals surface area contributed by atoms with Crippen molar-refractivity contribution in [3.63, 3.8) is 0 Å². The van der Waals surface area contributed by atoms with E-state index in [1.165, 1.54) is 167 Å². The Morgan fingerprint density at radius 3 is 0.789 bits per heavy atom. The molecule has 3 nitrogen and oxygen atoms in total. The topological polar surface area (TPSA) is 38.7 Å². The summed E-state index contributed by atoms with van der Waals surface area (Å²) < 4.78 is 11.7. The fourth-order valence-electron chi connectivity index (χ4n) is 5.32. The van der Waals surface area contributed by atoms with Gasteiger partial charge < -0.3 is 14.6 Å². The lowest BCUT2D eigenvalue weighted by Gasteiger charge is -2.21. The molecule has 0 aromatic rings. The molecule has 0 heterocycles. The first-order valence-electron chi connectivity index (χ1n) is 17.6. The minimum Gasteiger partial charge on any atom is -0.388 e. The first-order valence-corrected chi connectivity index (χ1v) is 17.6. The van der Waals surface area contributed by atoms with Gasteiger partial charge in [-0.3, -0.25) is 0 Å². The standard InChI is InChI=1S/C35H72O3/c1-4-6-8-10-12-14-16-18-20-22-24-26-28-30-32-37-35(34(3)36)38-33-31-29-27-25-23-21-19-17-15-13-11-9-7-5-2/h34-36H,4-33H2,1-3H3. The number of hydrogen-bond donors (Lipinski definition) is 1. The van der Waals surface area contributed by atoms with Crippen LogP contribution in [0.25, 0.3) is 0 Å². The summed E-state index contributed by atoms with van der Waals surface area (Å²) in [5.74, 6) is 0. The van der Waals surface area contributed by atoms with Crippen molar-refractivity contribution in [2.24, 2.45) is 0 Å². The molecule has 0 amide bonds. The highest BCUT2D eigenvalue weighted by Crippen LogP contribution is 2.15. The van der Waals surface area contributed by atoms with Gasteiger partial charge >= 0.3 is 0 Å². The van der Waals surface area contributed by atoms with Crippen molar-refractivity contribution >= 4 is 0 Å². The summed E-state index contributed by atoms with van der Waals surface area (Å²) in [6.45, 7) is 7.76. The van der Waals surface area contributed by atoms with E-state index in [-0.39, 0.29) is 0 Å². The first-order chi connectivity index (χ1) is 18.7. The molecule has 230 valence electrons. The van der Waals surface area contributed by atoms with E-state index in [1.807, 2.05) is 0 Å². The maximum absolute atomic E-state index is 9.99. The van der Waals surface area contributed by atoms with Crippen molar-refractivity contribution in [3.05, 3.63) is 0 Å². The highest BCUT2D eigenvalue weighted by Gasteiger charge is 2.15. The van der Waals surface area contributed by atoms with E-state index in [0.29, 0.717) is 13.2 Å². The Morgan fingerprint density at radius 2 is 0.579 bits per heavy atom. The maximum Gasteiger partial charge on any atom is 0.183 e. The quantitative estimate of drug-likeness (QED) is 0.0664. The predicted octanol–water partition coefficient (Wildman–Crippen LogP) is 11.7. The van der Waals surface area contributed by atoms with Crippen LogP contribution in [0.3, 0.4) is 0 Å². The van der Waals surface area contributed by atoms with Crippen LogP contribution in [-0.4, -0.2) is 30.7 Å². The van der Waals surface area contributed by atoms with Crippen molar-refractivity contribution < 1.29 is 14.6 Å². The van der Waals surface area contributed by atoms with Crippen LogP contribution in [0.4, 0.5) is 0 Å². The zero-order valence-electron chi connectivity index (χ0n) is 26.6. The summed E-state index contributed by atoms with van der Waals surface area (Å²) in [6, 6.07) is 0. The molecule has 0 spiro atoms. The van der Waals surface area contributed by atoms with Crippen LogP contribution in [0.5, 0.6) is 0 Å². The zero-order valence-corrected chi connectivity index (χ0v) is 26.6. The van der Waals surface area contributed by atoms with Gasteiger partial charge in [0.05, 0.1) is 0 Å². The number of rotatable bonds is 33. The Hall–Kier alpha value is -0.120. The maximum atomic E-state index is 9.99. The molecule has 0 aliphatic heterocycles. The number of aliphatic hydroxyl groups is 1. The Labute approximate surface area is 240 Å². The fourth-order valence-corrected chi connectivity index (χ4v) is 5.32. The van der Waals surface area contributed by atoms with Gasteiger partial charge in [0.15, 0.2) is 6.29 Å². The molecule has 0 aromatic carbocycles. The molecule has 0 bridgehead atoms. The van der Waals surface area contributed by atoms with E-state index in [9.17, 15) is 5.11 Å². The molecule has 0 saturated heterocycles. The van der Waals surface area contributed by atoms with Crippen LogP contribution in [0.1, 0.15) is 201 Å². The van der Waals surface area contributed by atoms with Crippen LogP contribution in [0.2, 0.25) is 0 Å². The normalized spacial score (nSPS) is 12.6. The number of hydrogen-bond acceptors (Lipinski definition) is 3. The highest BCUT2D eigenvalue weighted by atomic mass is 16.7. The molecular formula is C35H72O3. The number of aliphatic hydroxyl groups excluding tert-OH is 1. The van der Waals surface area contributed by atoms with Gasteiger partial charge in [-0.25, -0.2) is 0 Å². The molecule has 0 aliphatic rings. The largest absolute Gasteiger partial charge is 0.388 e. The van der Waals surface area contributed by atoms with Crippen LogP contribution in [0, 0.1) is 0 Å². The van der Waals surface area contributed by atoms with E-state index in [4.69, 9.17) is 9.47 Å². The van der Waals surface area contributed by atoms with Gasteiger partial charge in [0.1, 0.15) is 6.10 Å². The van der Waals surface area contributed by atoms with Crippen LogP contribution in [-0.2, 0) is 9.47 Å². The third-order valence-electron chi connectivity index (χ3n) is 7.95. The molecule has 0 saturated carbocycles. The Balaban J connectivity index is 3.37.